The van der Waals surface area contributed by atoms with Gasteiger partial charge >= 0.3 is 0 Å². The number of hydrogen-bond donors (Lipinski definition) is 1. The van der Waals surface area contributed by atoms with Crippen LogP contribution in [0.15, 0.2) is 24.5 Å². The van der Waals surface area contributed by atoms with Crippen molar-refractivity contribution >= 4 is 22.5 Å². The SMILES string of the molecule is CCC(OC)C1CCC(N2CC(CC(=O)CNc3ncnc4ccc(C)cc34)C2)CC1. The Bertz CT molecular complexity index is 884. The minimum absolute atomic E-state index is 0.263. The normalized spacial score (nSPS) is 23.5. The van der Waals surface area contributed by atoms with E-state index < -0.39 is 0 Å². The average molecular weight is 425 g/mol. The average Bonchev–Trinajstić information content (AvgIpc) is 2.76. The fourth-order valence-electron chi connectivity index (χ4n) is 5.46. The van der Waals surface area contributed by atoms with Gasteiger partial charge in [-0.3, -0.25) is 9.69 Å². The molecule has 1 N–H and O–H groups in total. The van der Waals surface area contributed by atoms with Crippen LogP contribution in [0.3, 0.4) is 0 Å². The first-order chi connectivity index (χ1) is 15.1. The first-order valence-corrected chi connectivity index (χ1v) is 11.8. The lowest BCUT2D eigenvalue weighted by atomic mass is 9.79. The molecule has 168 valence electrons. The molecule has 1 aromatic heterocycles. The van der Waals surface area contributed by atoms with Gasteiger partial charge in [-0.15, -0.1) is 0 Å². The number of benzene rings is 1. The van der Waals surface area contributed by atoms with Crippen molar-refractivity contribution in [1.82, 2.24) is 14.9 Å². The Morgan fingerprint density at radius 1 is 1.23 bits per heavy atom. The van der Waals surface area contributed by atoms with Gasteiger partial charge in [0.25, 0.3) is 0 Å². The molecule has 0 spiro atoms. The van der Waals surface area contributed by atoms with Crippen LogP contribution in [-0.2, 0) is 9.53 Å². The predicted octanol–water partition coefficient (Wildman–Crippen LogP) is 4.22. The molecule has 2 aliphatic rings. The molecule has 2 aromatic rings. The van der Waals surface area contributed by atoms with Gasteiger partial charge in [-0.25, -0.2) is 9.97 Å². The fourth-order valence-corrected chi connectivity index (χ4v) is 5.46. The number of anilines is 1. The number of carbonyl (C=O) groups is 1. The summed E-state index contributed by atoms with van der Waals surface area (Å²) in [6.07, 6.45) is 8.82. The summed E-state index contributed by atoms with van der Waals surface area (Å²) in [7, 11) is 1.85. The van der Waals surface area contributed by atoms with E-state index in [9.17, 15) is 4.79 Å². The Labute approximate surface area is 185 Å². The summed E-state index contributed by atoms with van der Waals surface area (Å²) >= 11 is 0. The minimum Gasteiger partial charge on any atom is -0.381 e. The Kier molecular flexibility index (Phi) is 7.18. The number of rotatable bonds is 9. The van der Waals surface area contributed by atoms with Crippen LogP contribution in [0.4, 0.5) is 5.82 Å². The molecule has 1 unspecified atom stereocenters. The molecule has 6 heteroatoms. The third kappa shape index (κ3) is 5.24. The number of carbonyl (C=O) groups excluding carboxylic acids is 1. The van der Waals surface area contributed by atoms with Crippen molar-refractivity contribution in [1.29, 1.82) is 0 Å². The number of aryl methyl sites for hydroxylation is 1. The summed E-state index contributed by atoms with van der Waals surface area (Å²) in [5.74, 6) is 2.23. The van der Waals surface area contributed by atoms with Gasteiger partial charge in [0.1, 0.15) is 12.1 Å². The Hall–Kier alpha value is -2.05. The molecule has 1 aliphatic carbocycles. The highest BCUT2D eigenvalue weighted by Crippen LogP contribution is 2.35. The predicted molar refractivity (Wildman–Crippen MR) is 124 cm³/mol. The first kappa shape index (κ1) is 22.2. The standard InChI is InChI=1S/C25H36N4O2/c1-4-24(31-3)19-6-8-20(9-7-19)29-14-18(15-29)12-21(30)13-26-25-22-11-17(2)5-10-23(22)27-16-28-25/h5,10-11,16,18-20,24H,4,6-9,12-15H2,1-3H3,(H,26,27,28). The summed E-state index contributed by atoms with van der Waals surface area (Å²) in [4.78, 5) is 23.8. The van der Waals surface area contributed by atoms with Gasteiger partial charge < -0.3 is 10.1 Å². The number of nitrogens with zero attached hydrogens (tertiary/aromatic N) is 3. The molecule has 2 fully saturated rings. The number of fused-ring (bicyclic) bond motifs is 1. The summed E-state index contributed by atoms with van der Waals surface area (Å²) in [5.41, 5.74) is 2.06. The lowest BCUT2D eigenvalue weighted by molar-refractivity contribution is -0.120. The van der Waals surface area contributed by atoms with Crippen molar-refractivity contribution in [2.45, 2.75) is 64.5 Å². The highest BCUT2D eigenvalue weighted by molar-refractivity contribution is 5.91. The largest absolute Gasteiger partial charge is 0.381 e. The molecular formula is C25H36N4O2. The van der Waals surface area contributed by atoms with Gasteiger partial charge in [-0.1, -0.05) is 18.6 Å². The zero-order chi connectivity index (χ0) is 21.8. The summed E-state index contributed by atoms with van der Waals surface area (Å²) in [6, 6.07) is 6.80. The second-order valence-corrected chi connectivity index (χ2v) is 9.41. The van der Waals surface area contributed by atoms with Crippen molar-refractivity contribution in [2.24, 2.45) is 11.8 Å². The van der Waals surface area contributed by atoms with E-state index in [2.05, 4.69) is 40.1 Å². The minimum atomic E-state index is 0.263. The van der Waals surface area contributed by atoms with E-state index in [1.165, 1.54) is 25.7 Å². The first-order valence-electron chi connectivity index (χ1n) is 11.8. The number of Topliss-reactive ketones (excluding diaryl/α,β-unsaturated/α-hetero) is 1. The third-order valence-electron chi connectivity index (χ3n) is 7.23. The van der Waals surface area contributed by atoms with Crippen LogP contribution in [0.25, 0.3) is 10.9 Å². The monoisotopic (exact) mass is 424 g/mol. The van der Waals surface area contributed by atoms with Gasteiger partial charge in [0.05, 0.1) is 18.2 Å². The number of likely N-dealkylation sites (tertiary alicyclic amines) is 1. The van der Waals surface area contributed by atoms with Gasteiger partial charge in [0.2, 0.25) is 0 Å². The maximum absolute atomic E-state index is 12.6. The number of ketones is 1. The molecule has 31 heavy (non-hydrogen) atoms. The van der Waals surface area contributed by atoms with E-state index in [1.54, 1.807) is 6.33 Å². The summed E-state index contributed by atoms with van der Waals surface area (Å²) < 4.78 is 5.66. The molecule has 0 amide bonds. The van der Waals surface area contributed by atoms with Crippen LogP contribution in [0, 0.1) is 18.8 Å². The molecule has 1 saturated heterocycles. The third-order valence-corrected chi connectivity index (χ3v) is 7.23. The number of methoxy groups -OCH3 is 1. The Morgan fingerprint density at radius 2 is 2.00 bits per heavy atom. The molecule has 6 nitrogen and oxygen atoms in total. The molecule has 2 heterocycles. The highest BCUT2D eigenvalue weighted by atomic mass is 16.5. The number of aromatic nitrogens is 2. The quantitative estimate of drug-likeness (QED) is 0.650. The van der Waals surface area contributed by atoms with Gasteiger partial charge in [0.15, 0.2) is 5.78 Å². The van der Waals surface area contributed by atoms with E-state index in [0.29, 0.717) is 31.0 Å². The molecular weight excluding hydrogens is 388 g/mol. The molecule has 1 atom stereocenters. The summed E-state index contributed by atoms with van der Waals surface area (Å²) in [5, 5.41) is 4.21. The van der Waals surface area contributed by atoms with Crippen molar-refractivity contribution in [2.75, 3.05) is 32.1 Å². The second kappa shape index (κ2) is 10.0. The van der Waals surface area contributed by atoms with Crippen molar-refractivity contribution in [3.63, 3.8) is 0 Å². The number of ether oxygens (including phenoxy) is 1. The summed E-state index contributed by atoms with van der Waals surface area (Å²) in [6.45, 7) is 6.74. The van der Waals surface area contributed by atoms with Crippen molar-refractivity contribution in [3.05, 3.63) is 30.1 Å². The van der Waals surface area contributed by atoms with Crippen LogP contribution in [0.1, 0.15) is 51.0 Å². The molecule has 0 bridgehead atoms. The molecule has 1 saturated carbocycles. The van der Waals surface area contributed by atoms with E-state index in [4.69, 9.17) is 4.74 Å². The van der Waals surface area contributed by atoms with Crippen LogP contribution in [-0.4, -0.2) is 59.5 Å². The molecule has 4 rings (SSSR count). The fraction of sp³-hybridized carbons (Fsp3) is 0.640. The maximum Gasteiger partial charge on any atom is 0.152 e. The second-order valence-electron chi connectivity index (χ2n) is 9.41. The highest BCUT2D eigenvalue weighted by Gasteiger charge is 2.36. The van der Waals surface area contributed by atoms with E-state index >= 15 is 0 Å². The van der Waals surface area contributed by atoms with Crippen molar-refractivity contribution < 1.29 is 9.53 Å². The zero-order valence-corrected chi connectivity index (χ0v) is 19.1. The van der Waals surface area contributed by atoms with Gasteiger partial charge in [-0.2, -0.15) is 0 Å². The number of hydrogen-bond acceptors (Lipinski definition) is 6. The topological polar surface area (TPSA) is 67.3 Å². The van der Waals surface area contributed by atoms with Gasteiger partial charge in [-0.05, 0) is 63.0 Å². The molecule has 0 radical (unpaired) electrons. The zero-order valence-electron chi connectivity index (χ0n) is 19.1. The Morgan fingerprint density at radius 3 is 2.71 bits per heavy atom. The lowest BCUT2D eigenvalue weighted by Gasteiger charge is -2.47. The van der Waals surface area contributed by atoms with E-state index in [-0.39, 0.29) is 5.78 Å². The maximum atomic E-state index is 12.6. The molecule has 1 aromatic carbocycles. The molecule has 1 aliphatic heterocycles. The number of nitrogens with one attached hydrogen (secondary N) is 1. The van der Waals surface area contributed by atoms with Crippen molar-refractivity contribution in [3.8, 4) is 0 Å². The lowest BCUT2D eigenvalue weighted by Crippen LogP contribution is -2.54. The van der Waals surface area contributed by atoms with E-state index in [1.807, 2.05) is 19.2 Å². The van der Waals surface area contributed by atoms with Crippen LogP contribution < -0.4 is 5.32 Å². The van der Waals surface area contributed by atoms with Crippen LogP contribution in [0.2, 0.25) is 0 Å². The smallest absolute Gasteiger partial charge is 0.152 e. The Balaban J connectivity index is 1.19. The van der Waals surface area contributed by atoms with Crippen LogP contribution >= 0.6 is 0 Å². The van der Waals surface area contributed by atoms with E-state index in [0.717, 1.165) is 47.7 Å². The van der Waals surface area contributed by atoms with Gasteiger partial charge in [0, 0.05) is 38.0 Å². The van der Waals surface area contributed by atoms with Crippen LogP contribution in [0.5, 0.6) is 0 Å².